The first-order valence-corrected chi connectivity index (χ1v) is 7.72. The van der Waals surface area contributed by atoms with E-state index in [2.05, 4.69) is 24.8 Å². The summed E-state index contributed by atoms with van der Waals surface area (Å²) in [5.41, 5.74) is 2.83. The van der Waals surface area contributed by atoms with Crippen LogP contribution in [0.5, 0.6) is 5.75 Å². The number of phenols is 1. The maximum Gasteiger partial charge on any atom is 0.115 e. The van der Waals surface area contributed by atoms with Crippen LogP contribution in [0.15, 0.2) is 18.2 Å². The zero-order valence-electron chi connectivity index (χ0n) is 12.1. The quantitative estimate of drug-likeness (QED) is 0.827. The lowest BCUT2D eigenvalue weighted by Crippen LogP contribution is -2.44. The van der Waals surface area contributed by atoms with Crippen molar-refractivity contribution < 1.29 is 5.11 Å². The molecule has 0 aromatic heterocycles. The fourth-order valence-corrected chi connectivity index (χ4v) is 3.88. The van der Waals surface area contributed by atoms with E-state index in [1.54, 1.807) is 0 Å². The molecule has 3 atom stereocenters. The molecule has 1 heterocycles. The van der Waals surface area contributed by atoms with E-state index < -0.39 is 0 Å². The van der Waals surface area contributed by atoms with E-state index in [4.69, 9.17) is 0 Å². The number of rotatable bonds is 1. The lowest BCUT2D eigenvalue weighted by atomic mass is 9.83. The molecule has 1 aromatic carbocycles. The van der Waals surface area contributed by atoms with Gasteiger partial charge in [0.2, 0.25) is 0 Å². The first kappa shape index (κ1) is 13.0. The maximum atomic E-state index is 9.67. The Hall–Kier alpha value is -1.02. The van der Waals surface area contributed by atoms with Gasteiger partial charge >= 0.3 is 0 Å². The molecule has 3 unspecified atom stereocenters. The van der Waals surface area contributed by atoms with Crippen molar-refractivity contribution in [1.82, 2.24) is 4.90 Å². The number of aryl methyl sites for hydroxylation is 1. The Kier molecular flexibility index (Phi) is 3.53. The van der Waals surface area contributed by atoms with E-state index in [0.29, 0.717) is 17.8 Å². The molecular formula is C17H25NO. The predicted octanol–water partition coefficient (Wildman–Crippen LogP) is 3.89. The number of fused-ring (bicyclic) bond motifs is 1. The van der Waals surface area contributed by atoms with Crippen molar-refractivity contribution >= 4 is 0 Å². The molecule has 0 spiro atoms. The third-order valence-corrected chi connectivity index (χ3v) is 4.98. The summed E-state index contributed by atoms with van der Waals surface area (Å²) in [5.74, 6) is 1.23. The monoisotopic (exact) mass is 259 g/mol. The van der Waals surface area contributed by atoms with Gasteiger partial charge in [-0.05, 0) is 68.2 Å². The van der Waals surface area contributed by atoms with E-state index in [9.17, 15) is 5.11 Å². The highest BCUT2D eigenvalue weighted by molar-refractivity contribution is 5.38. The molecule has 1 aliphatic heterocycles. The molecule has 2 aliphatic rings. The van der Waals surface area contributed by atoms with Crippen LogP contribution in [-0.4, -0.2) is 22.6 Å². The van der Waals surface area contributed by atoms with Gasteiger partial charge in [0.1, 0.15) is 5.75 Å². The number of hydrogen-bond acceptors (Lipinski definition) is 2. The summed E-state index contributed by atoms with van der Waals surface area (Å²) in [6.45, 7) is 5.98. The van der Waals surface area contributed by atoms with Crippen LogP contribution in [0.3, 0.4) is 0 Å². The highest BCUT2D eigenvalue weighted by atomic mass is 16.3. The van der Waals surface area contributed by atoms with Crippen LogP contribution >= 0.6 is 0 Å². The zero-order valence-corrected chi connectivity index (χ0v) is 12.1. The van der Waals surface area contributed by atoms with Crippen molar-refractivity contribution in [3.8, 4) is 5.75 Å². The highest BCUT2D eigenvalue weighted by Gasteiger charge is 2.32. The molecule has 104 valence electrons. The number of nitrogens with zero attached hydrogens (tertiary/aromatic N) is 1. The standard InChI is InChI=1S/C17H25NO/c1-12-6-7-13(2)18(11-12)17-5-3-4-14-10-15(19)8-9-16(14)17/h8-10,12-13,17,19H,3-7,11H2,1-2H3. The van der Waals surface area contributed by atoms with Gasteiger partial charge < -0.3 is 5.11 Å². The number of hydrogen-bond donors (Lipinski definition) is 1. The Bertz CT molecular complexity index is 457. The molecule has 0 bridgehead atoms. The second-order valence-corrected chi connectivity index (χ2v) is 6.52. The van der Waals surface area contributed by atoms with Gasteiger partial charge in [0.05, 0.1) is 0 Å². The molecule has 0 amide bonds. The molecule has 2 heteroatoms. The smallest absolute Gasteiger partial charge is 0.115 e. The lowest BCUT2D eigenvalue weighted by molar-refractivity contribution is 0.0676. The van der Waals surface area contributed by atoms with E-state index in [-0.39, 0.29) is 0 Å². The molecule has 1 aliphatic carbocycles. The Morgan fingerprint density at radius 1 is 1.16 bits per heavy atom. The van der Waals surface area contributed by atoms with Gasteiger partial charge in [0.25, 0.3) is 0 Å². The SMILES string of the molecule is CC1CCC(C)N(C2CCCc3cc(O)ccc32)C1. The fraction of sp³-hybridized carbons (Fsp3) is 0.647. The first-order valence-electron chi connectivity index (χ1n) is 7.72. The molecule has 0 saturated carbocycles. The summed E-state index contributed by atoms with van der Waals surface area (Å²) in [7, 11) is 0. The second kappa shape index (κ2) is 5.16. The molecule has 2 nitrogen and oxygen atoms in total. The van der Waals surface area contributed by atoms with E-state index in [0.717, 1.165) is 12.3 Å². The van der Waals surface area contributed by atoms with E-state index in [1.807, 2.05) is 12.1 Å². The molecule has 1 saturated heterocycles. The summed E-state index contributed by atoms with van der Waals surface area (Å²) in [6.07, 6.45) is 6.34. The average Bonchev–Trinajstić information content (AvgIpc) is 2.40. The van der Waals surface area contributed by atoms with E-state index >= 15 is 0 Å². The second-order valence-electron chi connectivity index (χ2n) is 6.52. The van der Waals surface area contributed by atoms with Crippen LogP contribution < -0.4 is 0 Å². The Morgan fingerprint density at radius 2 is 2.00 bits per heavy atom. The fourth-order valence-electron chi connectivity index (χ4n) is 3.88. The summed E-state index contributed by atoms with van der Waals surface area (Å²) in [5, 5.41) is 9.67. The van der Waals surface area contributed by atoms with Gasteiger partial charge in [-0.1, -0.05) is 13.0 Å². The van der Waals surface area contributed by atoms with Crippen molar-refractivity contribution in [1.29, 1.82) is 0 Å². The summed E-state index contributed by atoms with van der Waals surface area (Å²) in [4.78, 5) is 2.71. The van der Waals surface area contributed by atoms with Crippen LogP contribution in [0.2, 0.25) is 0 Å². The number of aromatic hydroxyl groups is 1. The molecule has 19 heavy (non-hydrogen) atoms. The molecule has 3 rings (SSSR count). The van der Waals surface area contributed by atoms with Gasteiger partial charge in [0.15, 0.2) is 0 Å². The Morgan fingerprint density at radius 3 is 2.84 bits per heavy atom. The van der Waals surface area contributed by atoms with Crippen LogP contribution in [0, 0.1) is 5.92 Å². The Balaban J connectivity index is 1.90. The summed E-state index contributed by atoms with van der Waals surface area (Å²) in [6, 6.07) is 7.25. The minimum atomic E-state index is 0.416. The molecular weight excluding hydrogens is 234 g/mol. The average molecular weight is 259 g/mol. The van der Waals surface area contributed by atoms with Crippen molar-refractivity contribution in [2.45, 2.75) is 58.0 Å². The third kappa shape index (κ3) is 2.51. The maximum absolute atomic E-state index is 9.67. The van der Waals surface area contributed by atoms with Gasteiger partial charge in [-0.25, -0.2) is 0 Å². The number of phenolic OH excluding ortho intramolecular Hbond substituents is 1. The first-order chi connectivity index (χ1) is 9.15. The molecule has 1 fully saturated rings. The molecule has 1 N–H and O–H groups in total. The number of benzene rings is 1. The normalized spacial score (nSPS) is 32.0. The van der Waals surface area contributed by atoms with Crippen LogP contribution in [-0.2, 0) is 6.42 Å². The van der Waals surface area contributed by atoms with Gasteiger partial charge in [-0.15, -0.1) is 0 Å². The third-order valence-electron chi connectivity index (χ3n) is 4.98. The summed E-state index contributed by atoms with van der Waals surface area (Å²) >= 11 is 0. The minimum absolute atomic E-state index is 0.416. The number of piperidine rings is 1. The Labute approximate surface area is 116 Å². The van der Waals surface area contributed by atoms with Crippen molar-refractivity contribution in [2.24, 2.45) is 5.92 Å². The van der Waals surface area contributed by atoms with Crippen molar-refractivity contribution in [3.05, 3.63) is 29.3 Å². The van der Waals surface area contributed by atoms with Crippen molar-refractivity contribution in [2.75, 3.05) is 6.54 Å². The number of likely N-dealkylation sites (tertiary alicyclic amines) is 1. The lowest BCUT2D eigenvalue weighted by Gasteiger charge is -2.44. The molecule has 1 aromatic rings. The summed E-state index contributed by atoms with van der Waals surface area (Å²) < 4.78 is 0. The van der Waals surface area contributed by atoms with Crippen LogP contribution in [0.25, 0.3) is 0 Å². The van der Waals surface area contributed by atoms with Gasteiger partial charge in [-0.2, -0.15) is 0 Å². The van der Waals surface area contributed by atoms with Gasteiger partial charge in [-0.3, -0.25) is 4.90 Å². The minimum Gasteiger partial charge on any atom is -0.508 e. The van der Waals surface area contributed by atoms with Gasteiger partial charge in [0, 0.05) is 18.6 Å². The van der Waals surface area contributed by atoms with Crippen molar-refractivity contribution in [3.63, 3.8) is 0 Å². The van der Waals surface area contributed by atoms with Crippen LogP contribution in [0.4, 0.5) is 0 Å². The van der Waals surface area contributed by atoms with Crippen LogP contribution in [0.1, 0.15) is 56.7 Å². The topological polar surface area (TPSA) is 23.5 Å². The predicted molar refractivity (Wildman–Crippen MR) is 78.4 cm³/mol. The zero-order chi connectivity index (χ0) is 13.4. The van der Waals surface area contributed by atoms with E-state index in [1.165, 1.54) is 43.4 Å². The molecule has 0 radical (unpaired) electrons. The largest absolute Gasteiger partial charge is 0.508 e. The highest BCUT2D eigenvalue weighted by Crippen LogP contribution is 2.39.